The fraction of sp³-hybridized carbons (Fsp3) is 0.208. The molecule has 0 aromatic heterocycles. The maximum atomic E-state index is 6.94. The van der Waals surface area contributed by atoms with Crippen LogP contribution in [0.2, 0.25) is 0 Å². The Hall–Kier alpha value is -1.22. The second-order valence-electron chi connectivity index (χ2n) is 7.57. The summed E-state index contributed by atoms with van der Waals surface area (Å²) in [6, 6.07) is 23.7. The molecule has 146 valence electrons. The molecule has 1 aliphatic carbocycles. The fourth-order valence-electron chi connectivity index (χ4n) is 3.19. The van der Waals surface area contributed by atoms with Gasteiger partial charge in [-0.2, -0.15) is 18.6 Å². The van der Waals surface area contributed by atoms with Gasteiger partial charge in [0.05, 0.1) is 0 Å². The minimum Gasteiger partial charge on any atom is -1.00 e. The second-order valence-corrected chi connectivity index (χ2v) is 7.57. The first-order valence-corrected chi connectivity index (χ1v) is 8.71. The van der Waals surface area contributed by atoms with Crippen LogP contribution in [0.4, 0.5) is 0 Å². The van der Waals surface area contributed by atoms with Crippen molar-refractivity contribution in [2.45, 2.75) is 32.7 Å². The van der Waals surface area contributed by atoms with Crippen LogP contribution in [-0.4, -0.2) is 5.54 Å². The van der Waals surface area contributed by atoms with E-state index in [9.17, 15) is 0 Å². The molecule has 1 N–H and O–H groups in total. The molecule has 0 spiro atoms. The number of halogens is 2. The Morgan fingerprint density at radius 2 is 1.14 bits per heavy atom. The van der Waals surface area contributed by atoms with Gasteiger partial charge in [-0.05, 0) is 28.7 Å². The number of rotatable bonds is 1. The Morgan fingerprint density at radius 1 is 0.714 bits per heavy atom. The van der Waals surface area contributed by atoms with Crippen molar-refractivity contribution >= 4 is 0 Å². The molecule has 3 aromatic rings. The van der Waals surface area contributed by atoms with E-state index in [1.807, 2.05) is 26.8 Å². The molecule has 0 unspecified atom stereocenters. The molecule has 1 aliphatic rings. The zero-order valence-corrected chi connectivity index (χ0v) is 19.6. The summed E-state index contributed by atoms with van der Waals surface area (Å²) in [6.07, 6.45) is 1.02. The maximum Gasteiger partial charge on any atom is 2.00 e. The first kappa shape index (κ1) is 26.8. The maximum absolute atomic E-state index is 6.94. The van der Waals surface area contributed by atoms with Crippen LogP contribution in [-0.2, 0) is 28.1 Å². The van der Waals surface area contributed by atoms with Crippen molar-refractivity contribution < 1.29 is 46.5 Å². The van der Waals surface area contributed by atoms with Crippen LogP contribution in [0, 0.1) is 6.92 Å². The molecule has 28 heavy (non-hydrogen) atoms. The molecular weight excluding hydrogens is 421 g/mol. The minimum atomic E-state index is -0.250. The van der Waals surface area contributed by atoms with Gasteiger partial charge in [0.2, 0.25) is 0 Å². The molecule has 0 aliphatic heterocycles. The topological polar surface area (TPSA) is 23.8 Å². The van der Waals surface area contributed by atoms with E-state index < -0.39 is 0 Å². The molecule has 0 saturated heterocycles. The molecule has 4 rings (SSSR count). The minimum absolute atomic E-state index is 0. The number of fused-ring (bicyclic) bond motifs is 3. The van der Waals surface area contributed by atoms with Gasteiger partial charge in [0.15, 0.2) is 0 Å². The monoisotopic (exact) mass is 445 g/mol. The number of hydrogen-bond acceptors (Lipinski definition) is 0. The van der Waals surface area contributed by atoms with Gasteiger partial charge >= 0.3 is 21.7 Å². The van der Waals surface area contributed by atoms with Crippen molar-refractivity contribution in [3.05, 3.63) is 96.1 Å². The first-order chi connectivity index (χ1) is 11.8. The first-order valence-electron chi connectivity index (χ1n) is 8.71. The van der Waals surface area contributed by atoms with Crippen LogP contribution < -0.4 is 24.8 Å². The van der Waals surface area contributed by atoms with E-state index in [1.165, 1.54) is 33.4 Å². The van der Waals surface area contributed by atoms with Crippen molar-refractivity contribution in [1.29, 1.82) is 0 Å². The van der Waals surface area contributed by atoms with Crippen LogP contribution in [0.15, 0.2) is 66.7 Å². The number of nitrogens with one attached hydrogen (secondary N) is 1. The Morgan fingerprint density at radius 3 is 1.71 bits per heavy atom. The average Bonchev–Trinajstić information content (AvgIpc) is 2.93. The largest absolute Gasteiger partial charge is 2.00 e. The number of hydrogen-bond donors (Lipinski definition) is 0. The third-order valence-electron chi connectivity index (χ3n) is 4.16. The van der Waals surface area contributed by atoms with Gasteiger partial charge in [0.1, 0.15) is 0 Å². The van der Waals surface area contributed by atoms with E-state index >= 15 is 0 Å². The Bertz CT molecular complexity index is 895. The van der Waals surface area contributed by atoms with Crippen molar-refractivity contribution in [3.8, 4) is 22.3 Å². The molecule has 4 heteroatoms. The third kappa shape index (κ3) is 6.41. The van der Waals surface area contributed by atoms with Gasteiger partial charge in [-0.15, -0.1) is 23.2 Å². The van der Waals surface area contributed by atoms with Gasteiger partial charge in [0.25, 0.3) is 0 Å². The van der Waals surface area contributed by atoms with Gasteiger partial charge in [0, 0.05) is 0 Å². The Kier molecular flexibility index (Phi) is 10.6. The van der Waals surface area contributed by atoms with E-state index in [2.05, 4.69) is 67.6 Å². The van der Waals surface area contributed by atoms with E-state index in [0.717, 1.165) is 12.0 Å². The standard InChI is InChI=1S/C20H15.C4H10N.2ClH.Ti/c1-14-7-2-4-9-16(14)18-11-6-12-19-17-10-5-3-8-15(17)13-20(18)19;1-4(2,3)5;;;/h2-12H,1,13H2;5H,1-3H3;2*1H;/q2*-1;;;+2/p-2. The fourth-order valence-corrected chi connectivity index (χ4v) is 3.19. The third-order valence-corrected chi connectivity index (χ3v) is 4.16. The van der Waals surface area contributed by atoms with Crippen molar-refractivity contribution in [3.63, 3.8) is 0 Å². The predicted octanol–water partition coefficient (Wildman–Crippen LogP) is 0.950. The van der Waals surface area contributed by atoms with Crippen molar-refractivity contribution in [2.75, 3.05) is 0 Å². The van der Waals surface area contributed by atoms with Crippen LogP contribution in [0.3, 0.4) is 0 Å². The molecule has 0 heterocycles. The summed E-state index contributed by atoms with van der Waals surface area (Å²) in [5.41, 5.74) is 16.0. The SMILES string of the molecule is CC(C)(C)[NH-].[CH2-]c1ccccc1-c1cccc2c1Cc1ccccc1-2.[Cl-].[Cl-].[Ti+2]. The summed E-state index contributed by atoms with van der Waals surface area (Å²) in [4.78, 5) is 0. The van der Waals surface area contributed by atoms with Gasteiger partial charge in [-0.3, -0.25) is 0 Å². The summed E-state index contributed by atoms with van der Waals surface area (Å²) >= 11 is 0. The van der Waals surface area contributed by atoms with Gasteiger partial charge in [-0.1, -0.05) is 74.9 Å². The van der Waals surface area contributed by atoms with E-state index in [1.54, 1.807) is 0 Å². The molecule has 3 aromatic carbocycles. The molecule has 0 radical (unpaired) electrons. The van der Waals surface area contributed by atoms with Crippen molar-refractivity contribution in [2.24, 2.45) is 0 Å². The Balaban J connectivity index is 0.000000823. The molecule has 0 bridgehead atoms. The summed E-state index contributed by atoms with van der Waals surface area (Å²) in [5, 5.41) is 0. The van der Waals surface area contributed by atoms with E-state index in [0.29, 0.717) is 0 Å². The summed E-state index contributed by atoms with van der Waals surface area (Å²) < 4.78 is 0. The predicted molar refractivity (Wildman–Crippen MR) is 109 cm³/mol. The quantitative estimate of drug-likeness (QED) is 0.307. The molecule has 0 atom stereocenters. The van der Waals surface area contributed by atoms with Crippen LogP contribution >= 0.6 is 0 Å². The summed E-state index contributed by atoms with van der Waals surface area (Å²) in [7, 11) is 0. The summed E-state index contributed by atoms with van der Waals surface area (Å²) in [5.74, 6) is 0. The van der Waals surface area contributed by atoms with E-state index in [4.69, 9.17) is 5.73 Å². The number of benzene rings is 3. The second kappa shape index (κ2) is 11.1. The smallest absolute Gasteiger partial charge is 1.00 e. The molecule has 0 fully saturated rings. The average molecular weight is 446 g/mol. The van der Waals surface area contributed by atoms with Gasteiger partial charge < -0.3 is 30.5 Å². The van der Waals surface area contributed by atoms with Crippen LogP contribution in [0.25, 0.3) is 28.0 Å². The zero-order chi connectivity index (χ0) is 18.0. The summed E-state index contributed by atoms with van der Waals surface area (Å²) in [6.45, 7) is 9.73. The normalized spacial score (nSPS) is 10.7. The molecular formula is C24H25Cl2NTi-2. The van der Waals surface area contributed by atoms with Gasteiger partial charge in [-0.25, -0.2) is 0 Å². The molecule has 0 amide bonds. The van der Waals surface area contributed by atoms with Crippen LogP contribution in [0.1, 0.15) is 37.5 Å². The zero-order valence-electron chi connectivity index (χ0n) is 16.5. The van der Waals surface area contributed by atoms with E-state index in [-0.39, 0.29) is 52.1 Å². The van der Waals surface area contributed by atoms with Crippen LogP contribution in [0.5, 0.6) is 0 Å². The molecule has 0 saturated carbocycles. The molecule has 1 nitrogen and oxygen atoms in total. The Labute approximate surface area is 196 Å². The van der Waals surface area contributed by atoms with Crippen molar-refractivity contribution in [1.82, 2.24) is 0 Å².